The van der Waals surface area contributed by atoms with Gasteiger partial charge in [-0.25, -0.2) is 0 Å². The van der Waals surface area contributed by atoms with Gasteiger partial charge in [0.15, 0.2) is 0 Å². The maximum atomic E-state index is 15.1. The Morgan fingerprint density at radius 1 is 0.830 bits per heavy atom. The van der Waals surface area contributed by atoms with E-state index in [9.17, 15) is 19.5 Å². The minimum atomic E-state index is -1.42. The molecule has 9 heteroatoms. The number of rotatable bonds is 6. The van der Waals surface area contributed by atoms with Crippen molar-refractivity contribution in [3.8, 4) is 0 Å². The van der Waals surface area contributed by atoms with Gasteiger partial charge in [-0.2, -0.15) is 5.01 Å². The standard InChI is InChI=1S/C38H33N3O6/c1-22-12-14-24(15-13-22)39-41-35(44)30-20-29-27(17-18-28-32(29)36(45)40(34(28)43)25-10-6-3-7-11-25)33(31-19-16-26(21-42)47-31)38(30,37(41)46)23-8-4-2-5-9-23/h2-17,19,28-30,32-33,39,42H,18,20-21H2,1H3. The fourth-order valence-electron chi connectivity index (χ4n) is 8.52. The molecule has 236 valence electrons. The van der Waals surface area contributed by atoms with Crippen LogP contribution >= 0.6 is 0 Å². The number of para-hydroxylation sites is 1. The zero-order valence-electron chi connectivity index (χ0n) is 25.7. The van der Waals surface area contributed by atoms with E-state index in [1.165, 1.54) is 4.90 Å². The van der Waals surface area contributed by atoms with Crippen molar-refractivity contribution in [3.05, 3.63) is 131 Å². The molecule has 2 aliphatic carbocycles. The Morgan fingerprint density at radius 2 is 1.53 bits per heavy atom. The lowest BCUT2D eigenvalue weighted by Gasteiger charge is -2.49. The van der Waals surface area contributed by atoms with E-state index in [-0.39, 0.29) is 24.8 Å². The van der Waals surface area contributed by atoms with E-state index in [0.29, 0.717) is 34.9 Å². The van der Waals surface area contributed by atoms with E-state index in [1.807, 2.05) is 73.7 Å². The summed E-state index contributed by atoms with van der Waals surface area (Å²) in [5.41, 5.74) is 5.28. The van der Waals surface area contributed by atoms with Crippen LogP contribution in [0.15, 0.2) is 113 Å². The van der Waals surface area contributed by atoms with Gasteiger partial charge >= 0.3 is 0 Å². The van der Waals surface area contributed by atoms with Crippen molar-refractivity contribution in [2.45, 2.75) is 37.7 Å². The molecule has 2 aliphatic heterocycles. The second-order valence-electron chi connectivity index (χ2n) is 12.9. The largest absolute Gasteiger partial charge is 0.463 e. The number of imide groups is 2. The number of furan rings is 1. The third-order valence-corrected chi connectivity index (χ3v) is 10.5. The summed E-state index contributed by atoms with van der Waals surface area (Å²) >= 11 is 0. The molecule has 9 nitrogen and oxygen atoms in total. The molecular formula is C38H33N3O6. The Morgan fingerprint density at radius 3 is 2.21 bits per heavy atom. The summed E-state index contributed by atoms with van der Waals surface area (Å²) in [7, 11) is 0. The predicted molar refractivity (Wildman–Crippen MR) is 172 cm³/mol. The van der Waals surface area contributed by atoms with Crippen LogP contribution in [0.4, 0.5) is 11.4 Å². The molecule has 6 unspecified atom stereocenters. The number of nitrogens with zero attached hydrogens (tertiary/aromatic N) is 2. The monoisotopic (exact) mass is 627 g/mol. The fourth-order valence-corrected chi connectivity index (χ4v) is 8.52. The van der Waals surface area contributed by atoms with Crippen molar-refractivity contribution in [3.63, 3.8) is 0 Å². The summed E-state index contributed by atoms with van der Waals surface area (Å²) in [6.45, 7) is 1.62. The molecule has 2 N–H and O–H groups in total. The number of benzene rings is 3. The van der Waals surface area contributed by atoms with Crippen molar-refractivity contribution >= 4 is 35.0 Å². The van der Waals surface area contributed by atoms with Gasteiger partial charge < -0.3 is 9.52 Å². The van der Waals surface area contributed by atoms with Crippen LogP contribution < -0.4 is 10.3 Å². The third kappa shape index (κ3) is 4.19. The van der Waals surface area contributed by atoms with E-state index in [4.69, 9.17) is 4.42 Å². The molecule has 3 heterocycles. The zero-order valence-corrected chi connectivity index (χ0v) is 25.7. The quantitative estimate of drug-likeness (QED) is 0.221. The number of hydrogen-bond donors (Lipinski definition) is 2. The normalized spacial score (nSPS) is 28.2. The van der Waals surface area contributed by atoms with E-state index < -0.39 is 46.8 Å². The average Bonchev–Trinajstić information content (AvgIpc) is 3.74. The summed E-state index contributed by atoms with van der Waals surface area (Å²) in [5.74, 6) is -4.06. The molecule has 0 radical (unpaired) electrons. The highest BCUT2D eigenvalue weighted by Gasteiger charge is 2.71. The maximum Gasteiger partial charge on any atom is 0.260 e. The van der Waals surface area contributed by atoms with Gasteiger partial charge in [0, 0.05) is 0 Å². The lowest BCUT2D eigenvalue weighted by Crippen LogP contribution is -2.53. The smallest absolute Gasteiger partial charge is 0.260 e. The van der Waals surface area contributed by atoms with Crippen LogP contribution in [0.3, 0.4) is 0 Å². The van der Waals surface area contributed by atoms with E-state index in [2.05, 4.69) is 5.43 Å². The lowest BCUT2D eigenvalue weighted by molar-refractivity contribution is -0.138. The zero-order chi connectivity index (χ0) is 32.4. The molecule has 8 rings (SSSR count). The number of anilines is 2. The molecular weight excluding hydrogens is 594 g/mol. The summed E-state index contributed by atoms with van der Waals surface area (Å²) in [5, 5.41) is 11.1. The summed E-state index contributed by atoms with van der Waals surface area (Å²) in [6.07, 6.45) is 2.51. The predicted octanol–water partition coefficient (Wildman–Crippen LogP) is 5.27. The summed E-state index contributed by atoms with van der Waals surface area (Å²) in [6, 6.07) is 29.1. The number of carbonyl (C=O) groups is 4. The number of carbonyl (C=O) groups excluding carboxylic acids is 4. The van der Waals surface area contributed by atoms with Gasteiger partial charge in [0.25, 0.3) is 11.8 Å². The Bertz CT molecular complexity index is 1930. The number of aryl methyl sites for hydroxylation is 1. The average molecular weight is 628 g/mol. The molecule has 1 saturated carbocycles. The Hall–Kier alpha value is -5.28. The number of fused-ring (bicyclic) bond motifs is 4. The Labute approximate surface area is 271 Å². The van der Waals surface area contributed by atoms with Gasteiger partial charge in [-0.15, -0.1) is 0 Å². The highest BCUT2D eigenvalue weighted by atomic mass is 16.4. The molecule has 4 aromatic rings. The minimum absolute atomic E-state index is 0.199. The van der Waals surface area contributed by atoms with Gasteiger partial charge in [-0.3, -0.25) is 29.5 Å². The van der Waals surface area contributed by atoms with Gasteiger partial charge in [-0.1, -0.05) is 77.9 Å². The van der Waals surface area contributed by atoms with Gasteiger partial charge in [0.1, 0.15) is 23.5 Å². The molecule has 1 aromatic heterocycles. The van der Waals surface area contributed by atoms with Gasteiger partial charge in [-0.05, 0) is 67.6 Å². The highest BCUT2D eigenvalue weighted by molar-refractivity contribution is 6.22. The first-order chi connectivity index (χ1) is 22.8. The number of aliphatic hydroxyl groups is 1. The van der Waals surface area contributed by atoms with Crippen molar-refractivity contribution < 1.29 is 28.7 Å². The Balaban J connectivity index is 1.31. The number of allylic oxidation sites excluding steroid dienone is 2. The second kappa shape index (κ2) is 10.9. The minimum Gasteiger partial charge on any atom is -0.463 e. The van der Waals surface area contributed by atoms with Gasteiger partial charge in [0.05, 0.1) is 35.0 Å². The number of hydrazine groups is 1. The number of amides is 4. The molecule has 4 aliphatic rings. The molecule has 0 bridgehead atoms. The number of aliphatic hydroxyl groups excluding tert-OH is 1. The third-order valence-electron chi connectivity index (χ3n) is 10.5. The van der Waals surface area contributed by atoms with E-state index in [0.717, 1.165) is 16.1 Å². The van der Waals surface area contributed by atoms with E-state index >= 15 is 4.79 Å². The van der Waals surface area contributed by atoms with Crippen LogP contribution in [0.2, 0.25) is 0 Å². The summed E-state index contributed by atoms with van der Waals surface area (Å²) < 4.78 is 6.22. The van der Waals surface area contributed by atoms with E-state index in [1.54, 1.807) is 36.4 Å². The Kier molecular flexibility index (Phi) is 6.77. The van der Waals surface area contributed by atoms with Crippen molar-refractivity contribution in [1.82, 2.24) is 5.01 Å². The topological polar surface area (TPSA) is 120 Å². The molecule has 6 atom stereocenters. The molecule has 3 fully saturated rings. The lowest BCUT2D eigenvalue weighted by atomic mass is 9.50. The molecule has 47 heavy (non-hydrogen) atoms. The molecule has 4 amide bonds. The van der Waals surface area contributed by atoms with Crippen LogP contribution in [0.5, 0.6) is 0 Å². The van der Waals surface area contributed by atoms with Crippen molar-refractivity contribution in [1.29, 1.82) is 0 Å². The second-order valence-corrected chi connectivity index (χ2v) is 12.9. The SMILES string of the molecule is Cc1ccc(NN2C(=O)C3CC4C(=CCC5C(=O)N(c6ccccc6)C(=O)C54)C(c4ccc(CO)o4)C3(c3ccccc3)C2=O)cc1. The van der Waals surface area contributed by atoms with Crippen molar-refractivity contribution in [2.75, 3.05) is 10.3 Å². The van der Waals surface area contributed by atoms with Crippen LogP contribution in [0.25, 0.3) is 0 Å². The van der Waals surface area contributed by atoms with Crippen LogP contribution in [-0.4, -0.2) is 33.7 Å². The first-order valence-electron chi connectivity index (χ1n) is 15.9. The molecule has 3 aromatic carbocycles. The molecule has 2 saturated heterocycles. The maximum absolute atomic E-state index is 15.1. The number of nitrogens with one attached hydrogen (secondary N) is 1. The van der Waals surface area contributed by atoms with Crippen LogP contribution in [0.1, 0.15) is 41.4 Å². The first-order valence-corrected chi connectivity index (χ1v) is 15.9. The number of hydrogen-bond acceptors (Lipinski definition) is 7. The van der Waals surface area contributed by atoms with Gasteiger partial charge in [0.2, 0.25) is 11.8 Å². The van der Waals surface area contributed by atoms with Crippen LogP contribution in [0, 0.1) is 30.6 Å². The summed E-state index contributed by atoms with van der Waals surface area (Å²) in [4.78, 5) is 59.0. The van der Waals surface area contributed by atoms with Crippen molar-refractivity contribution in [2.24, 2.45) is 23.7 Å². The highest BCUT2D eigenvalue weighted by Crippen LogP contribution is 2.64. The fraction of sp³-hybridized carbons (Fsp3) is 0.263. The first kappa shape index (κ1) is 29.1. The van der Waals surface area contributed by atoms with Crippen LogP contribution in [-0.2, 0) is 31.2 Å². The molecule has 0 spiro atoms.